The number of aliphatic hydroxyl groups excluding tert-OH is 1. The van der Waals surface area contributed by atoms with Gasteiger partial charge < -0.3 is 15.2 Å². The third kappa shape index (κ3) is 3.06. The number of nitrogens with zero attached hydrogens (tertiary/aromatic N) is 1. The van der Waals surface area contributed by atoms with E-state index < -0.39 is 6.09 Å². The summed E-state index contributed by atoms with van der Waals surface area (Å²) in [5.41, 5.74) is 0.867. The molecule has 78 valence electrons. The molecule has 0 saturated carbocycles. The zero-order valence-corrected chi connectivity index (χ0v) is 7.86. The molecule has 0 aromatic carbocycles. The van der Waals surface area contributed by atoms with Gasteiger partial charge in [0, 0.05) is 11.8 Å². The summed E-state index contributed by atoms with van der Waals surface area (Å²) >= 11 is 0. The molecule has 14 heavy (non-hydrogen) atoms. The summed E-state index contributed by atoms with van der Waals surface area (Å²) < 4.78 is 4.63. The number of rotatable bonds is 4. The summed E-state index contributed by atoms with van der Waals surface area (Å²) in [6.07, 6.45) is 2.77. The van der Waals surface area contributed by atoms with Gasteiger partial charge in [0.1, 0.15) is 6.61 Å². The zero-order valence-electron chi connectivity index (χ0n) is 7.86. The van der Waals surface area contributed by atoms with Crippen molar-refractivity contribution in [2.45, 2.75) is 13.0 Å². The SMILES string of the molecule is CC(NC(=O)OCCO)c1cn[nH]c1. The highest BCUT2D eigenvalue weighted by Crippen LogP contribution is 2.08. The molecule has 1 aromatic heterocycles. The Morgan fingerprint density at radius 2 is 2.64 bits per heavy atom. The van der Waals surface area contributed by atoms with Crippen molar-refractivity contribution >= 4 is 6.09 Å². The molecule has 0 radical (unpaired) electrons. The van der Waals surface area contributed by atoms with Gasteiger partial charge in [-0.25, -0.2) is 4.79 Å². The molecule has 0 fully saturated rings. The molecule has 1 heterocycles. The van der Waals surface area contributed by atoms with Gasteiger partial charge >= 0.3 is 6.09 Å². The van der Waals surface area contributed by atoms with Gasteiger partial charge in [-0.05, 0) is 6.92 Å². The molecule has 1 rings (SSSR count). The Labute approximate surface area is 81.3 Å². The Kier molecular flexibility index (Phi) is 3.93. The van der Waals surface area contributed by atoms with Gasteiger partial charge in [0.25, 0.3) is 0 Å². The molecule has 0 aliphatic heterocycles. The summed E-state index contributed by atoms with van der Waals surface area (Å²) in [6.45, 7) is 1.64. The van der Waals surface area contributed by atoms with Crippen molar-refractivity contribution in [2.75, 3.05) is 13.2 Å². The van der Waals surface area contributed by atoms with Crippen LogP contribution in [-0.2, 0) is 4.74 Å². The number of aromatic amines is 1. The van der Waals surface area contributed by atoms with E-state index in [-0.39, 0.29) is 19.3 Å². The minimum atomic E-state index is -0.548. The third-order valence-electron chi connectivity index (χ3n) is 1.68. The molecule has 6 heteroatoms. The van der Waals surface area contributed by atoms with Crippen LogP contribution < -0.4 is 5.32 Å². The van der Waals surface area contributed by atoms with E-state index in [1.54, 1.807) is 12.4 Å². The van der Waals surface area contributed by atoms with E-state index in [0.717, 1.165) is 5.56 Å². The van der Waals surface area contributed by atoms with Gasteiger partial charge in [-0.3, -0.25) is 5.10 Å². The Bertz CT molecular complexity index is 273. The second-order valence-electron chi connectivity index (χ2n) is 2.76. The fourth-order valence-corrected chi connectivity index (χ4v) is 0.938. The lowest BCUT2D eigenvalue weighted by atomic mass is 10.2. The molecule has 0 aliphatic rings. The fraction of sp³-hybridized carbons (Fsp3) is 0.500. The lowest BCUT2D eigenvalue weighted by Crippen LogP contribution is -2.27. The number of hydrogen-bond acceptors (Lipinski definition) is 4. The van der Waals surface area contributed by atoms with E-state index in [4.69, 9.17) is 5.11 Å². The van der Waals surface area contributed by atoms with E-state index in [1.807, 2.05) is 6.92 Å². The molecular weight excluding hydrogens is 186 g/mol. The standard InChI is InChI=1S/C8H13N3O3/c1-6(7-4-9-10-5-7)11-8(13)14-3-2-12/h4-6,12H,2-3H2,1H3,(H,9,10)(H,11,13). The van der Waals surface area contributed by atoms with Gasteiger partial charge in [-0.15, -0.1) is 0 Å². The van der Waals surface area contributed by atoms with Crippen molar-refractivity contribution in [3.05, 3.63) is 18.0 Å². The number of H-pyrrole nitrogens is 1. The van der Waals surface area contributed by atoms with Crippen molar-refractivity contribution in [3.63, 3.8) is 0 Å². The maximum Gasteiger partial charge on any atom is 0.407 e. The van der Waals surface area contributed by atoms with Gasteiger partial charge in [0.2, 0.25) is 0 Å². The van der Waals surface area contributed by atoms with Gasteiger partial charge in [-0.2, -0.15) is 5.10 Å². The smallest absolute Gasteiger partial charge is 0.407 e. The van der Waals surface area contributed by atoms with Crippen molar-refractivity contribution in [1.82, 2.24) is 15.5 Å². The van der Waals surface area contributed by atoms with Crippen molar-refractivity contribution in [3.8, 4) is 0 Å². The number of nitrogens with one attached hydrogen (secondary N) is 2. The van der Waals surface area contributed by atoms with Crippen molar-refractivity contribution in [2.24, 2.45) is 0 Å². The first-order chi connectivity index (χ1) is 6.74. The molecule has 6 nitrogen and oxygen atoms in total. The number of ether oxygens (including phenoxy) is 1. The van der Waals surface area contributed by atoms with E-state index in [2.05, 4.69) is 20.3 Å². The number of carbonyl (C=O) groups excluding carboxylic acids is 1. The van der Waals surface area contributed by atoms with Crippen LogP contribution in [0.3, 0.4) is 0 Å². The van der Waals surface area contributed by atoms with Crippen LogP contribution in [0.25, 0.3) is 0 Å². The average molecular weight is 199 g/mol. The highest BCUT2D eigenvalue weighted by molar-refractivity contribution is 5.67. The quantitative estimate of drug-likeness (QED) is 0.646. The monoisotopic (exact) mass is 199 g/mol. The van der Waals surface area contributed by atoms with E-state index in [1.165, 1.54) is 0 Å². The van der Waals surface area contributed by atoms with E-state index in [0.29, 0.717) is 0 Å². The minimum absolute atomic E-state index is 0.00391. The average Bonchev–Trinajstić information content (AvgIpc) is 2.67. The summed E-state index contributed by atoms with van der Waals surface area (Å²) in [4.78, 5) is 11.0. The first-order valence-corrected chi connectivity index (χ1v) is 4.27. The van der Waals surface area contributed by atoms with Crippen LogP contribution in [0, 0.1) is 0 Å². The molecule has 1 amide bonds. The Morgan fingerprint density at radius 3 is 3.21 bits per heavy atom. The Balaban J connectivity index is 2.33. The molecule has 1 unspecified atom stereocenters. The number of carbonyl (C=O) groups is 1. The zero-order chi connectivity index (χ0) is 10.4. The molecule has 3 N–H and O–H groups in total. The summed E-state index contributed by atoms with van der Waals surface area (Å²) in [6, 6.07) is -0.167. The predicted octanol–water partition coefficient (Wildman–Crippen LogP) is 0.189. The molecule has 1 atom stereocenters. The van der Waals surface area contributed by atoms with E-state index >= 15 is 0 Å². The lowest BCUT2D eigenvalue weighted by Gasteiger charge is -2.11. The summed E-state index contributed by atoms with van der Waals surface area (Å²) in [5.74, 6) is 0. The van der Waals surface area contributed by atoms with Crippen LogP contribution in [-0.4, -0.2) is 34.6 Å². The Hall–Kier alpha value is -1.56. The molecule has 0 aliphatic carbocycles. The lowest BCUT2D eigenvalue weighted by molar-refractivity contribution is 0.116. The number of hydrogen-bond donors (Lipinski definition) is 3. The van der Waals surface area contributed by atoms with Crippen molar-refractivity contribution in [1.29, 1.82) is 0 Å². The largest absolute Gasteiger partial charge is 0.447 e. The minimum Gasteiger partial charge on any atom is -0.447 e. The fourth-order valence-electron chi connectivity index (χ4n) is 0.938. The molecule has 0 bridgehead atoms. The van der Waals surface area contributed by atoms with Crippen molar-refractivity contribution < 1.29 is 14.6 Å². The number of aromatic nitrogens is 2. The molecule has 1 aromatic rings. The van der Waals surface area contributed by atoms with Gasteiger partial charge in [0.15, 0.2) is 0 Å². The normalized spacial score (nSPS) is 12.1. The predicted molar refractivity (Wildman–Crippen MR) is 48.6 cm³/mol. The highest BCUT2D eigenvalue weighted by atomic mass is 16.6. The third-order valence-corrected chi connectivity index (χ3v) is 1.68. The first-order valence-electron chi connectivity index (χ1n) is 4.27. The van der Waals surface area contributed by atoms with Gasteiger partial charge in [0.05, 0.1) is 18.8 Å². The van der Waals surface area contributed by atoms with Crippen LogP contribution in [0.1, 0.15) is 18.5 Å². The van der Waals surface area contributed by atoms with Crippen LogP contribution in [0.5, 0.6) is 0 Å². The second kappa shape index (κ2) is 5.23. The molecule has 0 saturated heterocycles. The van der Waals surface area contributed by atoms with Crippen LogP contribution in [0.2, 0.25) is 0 Å². The highest BCUT2D eigenvalue weighted by Gasteiger charge is 2.10. The number of aliphatic hydroxyl groups is 1. The summed E-state index contributed by atoms with van der Waals surface area (Å²) in [7, 11) is 0. The number of amides is 1. The maximum absolute atomic E-state index is 11.0. The second-order valence-corrected chi connectivity index (χ2v) is 2.76. The molecule has 0 spiro atoms. The number of alkyl carbamates (subject to hydrolysis) is 1. The summed E-state index contributed by atoms with van der Waals surface area (Å²) in [5, 5.41) is 17.4. The van der Waals surface area contributed by atoms with E-state index in [9.17, 15) is 4.79 Å². The van der Waals surface area contributed by atoms with Crippen LogP contribution >= 0.6 is 0 Å². The van der Waals surface area contributed by atoms with Crippen LogP contribution in [0.15, 0.2) is 12.4 Å². The Morgan fingerprint density at radius 1 is 1.86 bits per heavy atom. The first kappa shape index (κ1) is 10.5. The maximum atomic E-state index is 11.0. The van der Waals surface area contributed by atoms with Gasteiger partial charge in [-0.1, -0.05) is 0 Å². The van der Waals surface area contributed by atoms with Crippen LogP contribution in [0.4, 0.5) is 4.79 Å². The topological polar surface area (TPSA) is 87.2 Å². The molecular formula is C8H13N3O3.